The topological polar surface area (TPSA) is 52.3 Å². The van der Waals surface area contributed by atoms with E-state index in [2.05, 4.69) is 16.9 Å². The lowest BCUT2D eigenvalue weighted by molar-refractivity contribution is -0.142. The second-order valence-electron chi connectivity index (χ2n) is 4.38. The van der Waals surface area contributed by atoms with Crippen LogP contribution in [0.15, 0.2) is 30.3 Å². The maximum Gasteiger partial charge on any atom is 0.324 e. The molecular formula is C13H19NO2S. The van der Waals surface area contributed by atoms with Gasteiger partial charge in [-0.15, -0.1) is 11.8 Å². The fourth-order valence-corrected chi connectivity index (χ4v) is 2.35. The number of rotatable bonds is 5. The Bertz CT molecular complexity index is 365. The van der Waals surface area contributed by atoms with Crippen molar-refractivity contribution in [2.75, 3.05) is 7.11 Å². The summed E-state index contributed by atoms with van der Waals surface area (Å²) in [6.07, 6.45) is 0. The number of hydrogen-bond donors (Lipinski definition) is 1. The lowest BCUT2D eigenvalue weighted by atomic mass is 10.1. The summed E-state index contributed by atoms with van der Waals surface area (Å²) < 4.78 is 4.33. The van der Waals surface area contributed by atoms with Crippen molar-refractivity contribution >= 4 is 17.7 Å². The smallest absolute Gasteiger partial charge is 0.324 e. The van der Waals surface area contributed by atoms with Gasteiger partial charge in [0.25, 0.3) is 0 Å². The molecule has 0 saturated heterocycles. The number of esters is 1. The minimum absolute atomic E-state index is 0.344. The second kappa shape index (κ2) is 6.07. The van der Waals surface area contributed by atoms with E-state index >= 15 is 0 Å². The van der Waals surface area contributed by atoms with Crippen molar-refractivity contribution in [3.05, 3.63) is 35.9 Å². The van der Waals surface area contributed by atoms with Gasteiger partial charge < -0.3 is 10.5 Å². The van der Waals surface area contributed by atoms with Gasteiger partial charge in [-0.3, -0.25) is 4.79 Å². The molecule has 0 saturated carbocycles. The zero-order chi connectivity index (χ0) is 12.9. The van der Waals surface area contributed by atoms with Crippen LogP contribution >= 0.6 is 11.8 Å². The maximum atomic E-state index is 11.4. The zero-order valence-electron chi connectivity index (χ0n) is 10.5. The van der Waals surface area contributed by atoms with Crippen LogP contribution in [0, 0.1) is 0 Å². The highest BCUT2D eigenvalue weighted by Gasteiger charge is 2.33. The standard InChI is InChI=1S/C13H19NO2S/c1-13(2,11(14)12(15)16-3)17-9-10-7-5-4-6-8-10/h4-8,11H,9,14H2,1-3H3. The highest BCUT2D eigenvalue weighted by atomic mass is 32.2. The van der Waals surface area contributed by atoms with Crippen molar-refractivity contribution in [3.63, 3.8) is 0 Å². The molecule has 1 rings (SSSR count). The first-order valence-corrected chi connectivity index (χ1v) is 6.47. The van der Waals surface area contributed by atoms with Crippen molar-refractivity contribution in [1.29, 1.82) is 0 Å². The van der Waals surface area contributed by atoms with Gasteiger partial charge in [0.05, 0.1) is 7.11 Å². The summed E-state index contributed by atoms with van der Waals surface area (Å²) in [7, 11) is 1.36. The number of benzene rings is 1. The van der Waals surface area contributed by atoms with Gasteiger partial charge in [0, 0.05) is 10.5 Å². The number of carbonyl (C=O) groups excluding carboxylic acids is 1. The molecule has 1 aromatic carbocycles. The fraction of sp³-hybridized carbons (Fsp3) is 0.462. The quantitative estimate of drug-likeness (QED) is 0.817. The van der Waals surface area contributed by atoms with Gasteiger partial charge in [-0.25, -0.2) is 0 Å². The first-order chi connectivity index (χ1) is 7.97. The molecule has 2 N–H and O–H groups in total. The van der Waals surface area contributed by atoms with Crippen LogP contribution < -0.4 is 5.73 Å². The number of nitrogens with two attached hydrogens (primary N) is 1. The molecule has 0 aliphatic carbocycles. The SMILES string of the molecule is COC(=O)C(N)C(C)(C)SCc1ccccc1. The molecule has 0 amide bonds. The Labute approximate surface area is 107 Å². The van der Waals surface area contributed by atoms with E-state index in [0.29, 0.717) is 0 Å². The molecule has 0 spiro atoms. The summed E-state index contributed by atoms with van der Waals surface area (Å²) in [5.74, 6) is 0.467. The predicted octanol–water partition coefficient (Wildman–Crippen LogP) is 2.20. The van der Waals surface area contributed by atoms with Gasteiger partial charge in [-0.05, 0) is 19.4 Å². The summed E-state index contributed by atoms with van der Waals surface area (Å²) in [5, 5.41) is 0. The van der Waals surface area contributed by atoms with Crippen LogP contribution in [-0.2, 0) is 15.3 Å². The van der Waals surface area contributed by atoms with Gasteiger partial charge >= 0.3 is 5.97 Å². The van der Waals surface area contributed by atoms with Crippen molar-refractivity contribution in [2.45, 2.75) is 30.4 Å². The fourth-order valence-electron chi connectivity index (χ4n) is 1.34. The minimum Gasteiger partial charge on any atom is -0.468 e. The van der Waals surface area contributed by atoms with Crippen LogP contribution in [0.3, 0.4) is 0 Å². The molecule has 0 radical (unpaired) electrons. The lowest BCUT2D eigenvalue weighted by Crippen LogP contribution is -2.47. The number of carbonyl (C=O) groups is 1. The van der Waals surface area contributed by atoms with Crippen LogP contribution in [0.5, 0.6) is 0 Å². The van der Waals surface area contributed by atoms with E-state index in [0.717, 1.165) is 5.75 Å². The van der Waals surface area contributed by atoms with E-state index < -0.39 is 6.04 Å². The first-order valence-electron chi connectivity index (χ1n) is 5.48. The Morgan fingerprint density at radius 2 is 2.00 bits per heavy atom. The number of thioether (sulfide) groups is 1. The first kappa shape index (κ1) is 14.1. The van der Waals surface area contributed by atoms with Crippen molar-refractivity contribution in [2.24, 2.45) is 5.73 Å². The molecule has 94 valence electrons. The Morgan fingerprint density at radius 3 is 2.53 bits per heavy atom. The van der Waals surface area contributed by atoms with E-state index in [1.165, 1.54) is 12.7 Å². The van der Waals surface area contributed by atoms with Crippen LogP contribution in [0.4, 0.5) is 0 Å². The third-order valence-electron chi connectivity index (χ3n) is 2.66. The van der Waals surface area contributed by atoms with Gasteiger partial charge in [0.1, 0.15) is 6.04 Å². The van der Waals surface area contributed by atoms with Crippen LogP contribution in [-0.4, -0.2) is 23.9 Å². The summed E-state index contributed by atoms with van der Waals surface area (Å²) in [6, 6.07) is 9.51. The van der Waals surface area contributed by atoms with Gasteiger partial charge in [-0.1, -0.05) is 30.3 Å². The molecule has 4 heteroatoms. The third kappa shape index (κ3) is 4.06. The molecule has 1 atom stereocenters. The summed E-state index contributed by atoms with van der Waals surface area (Å²) >= 11 is 1.66. The van der Waals surface area contributed by atoms with Crippen molar-refractivity contribution in [1.82, 2.24) is 0 Å². The Hall–Kier alpha value is -1.00. The molecule has 0 aliphatic heterocycles. The van der Waals surface area contributed by atoms with Crippen LogP contribution in [0.25, 0.3) is 0 Å². The van der Waals surface area contributed by atoms with Crippen molar-refractivity contribution < 1.29 is 9.53 Å². The predicted molar refractivity (Wildman–Crippen MR) is 71.8 cm³/mol. The Balaban J connectivity index is 2.58. The maximum absolute atomic E-state index is 11.4. The molecule has 1 unspecified atom stereocenters. The monoisotopic (exact) mass is 253 g/mol. The van der Waals surface area contributed by atoms with Crippen molar-refractivity contribution in [3.8, 4) is 0 Å². The number of hydrogen-bond acceptors (Lipinski definition) is 4. The summed E-state index contributed by atoms with van der Waals surface area (Å²) in [6.45, 7) is 3.92. The average molecular weight is 253 g/mol. The zero-order valence-corrected chi connectivity index (χ0v) is 11.3. The van der Waals surface area contributed by atoms with Crippen LogP contribution in [0.2, 0.25) is 0 Å². The van der Waals surface area contributed by atoms with E-state index in [9.17, 15) is 4.79 Å². The van der Waals surface area contributed by atoms with Gasteiger partial charge in [0.15, 0.2) is 0 Å². The molecule has 1 aromatic rings. The summed E-state index contributed by atoms with van der Waals surface area (Å²) in [5.41, 5.74) is 7.10. The molecule has 17 heavy (non-hydrogen) atoms. The Morgan fingerprint density at radius 1 is 1.41 bits per heavy atom. The van der Waals surface area contributed by atoms with E-state index in [1.54, 1.807) is 11.8 Å². The molecule has 0 bridgehead atoms. The largest absolute Gasteiger partial charge is 0.468 e. The lowest BCUT2D eigenvalue weighted by Gasteiger charge is -2.29. The summed E-state index contributed by atoms with van der Waals surface area (Å²) in [4.78, 5) is 11.4. The highest BCUT2D eigenvalue weighted by molar-refractivity contribution is 7.99. The van der Waals surface area contributed by atoms with E-state index in [1.807, 2.05) is 32.0 Å². The minimum atomic E-state index is -0.610. The number of ether oxygens (including phenoxy) is 1. The molecule has 3 nitrogen and oxygen atoms in total. The van der Waals surface area contributed by atoms with E-state index in [-0.39, 0.29) is 10.7 Å². The Kier molecular flexibility index (Phi) is 5.02. The van der Waals surface area contributed by atoms with Gasteiger partial charge in [0.2, 0.25) is 0 Å². The molecule has 0 fully saturated rings. The second-order valence-corrected chi connectivity index (χ2v) is 6.01. The number of methoxy groups -OCH3 is 1. The molecular weight excluding hydrogens is 234 g/mol. The van der Waals surface area contributed by atoms with Gasteiger partial charge in [-0.2, -0.15) is 0 Å². The van der Waals surface area contributed by atoms with Crippen LogP contribution in [0.1, 0.15) is 19.4 Å². The molecule has 0 heterocycles. The molecule has 0 aromatic heterocycles. The highest BCUT2D eigenvalue weighted by Crippen LogP contribution is 2.30. The average Bonchev–Trinajstić information content (AvgIpc) is 2.36. The molecule has 0 aliphatic rings. The van der Waals surface area contributed by atoms with E-state index in [4.69, 9.17) is 5.73 Å². The third-order valence-corrected chi connectivity index (χ3v) is 4.13. The normalized spacial score (nSPS) is 13.2.